The largest absolute Gasteiger partial charge is 0.328 e. The van der Waals surface area contributed by atoms with Crippen molar-refractivity contribution in [3.8, 4) is 0 Å². The van der Waals surface area contributed by atoms with Gasteiger partial charge in [-0.15, -0.1) is 0 Å². The lowest BCUT2D eigenvalue weighted by molar-refractivity contribution is 0.292. The van der Waals surface area contributed by atoms with Gasteiger partial charge in [0.2, 0.25) is 0 Å². The first kappa shape index (κ1) is 14.7. The Morgan fingerprint density at radius 1 is 1.33 bits per heavy atom. The minimum Gasteiger partial charge on any atom is -0.328 e. The molecule has 0 saturated carbocycles. The van der Waals surface area contributed by atoms with Crippen molar-refractivity contribution in [1.29, 1.82) is 0 Å². The van der Waals surface area contributed by atoms with Crippen molar-refractivity contribution in [1.82, 2.24) is 4.90 Å². The fourth-order valence-electron chi connectivity index (χ4n) is 1.94. The van der Waals surface area contributed by atoms with Gasteiger partial charge in [0, 0.05) is 19.1 Å². The first-order valence-corrected chi connectivity index (χ1v) is 6.00. The molecule has 0 aliphatic rings. The Hall–Kier alpha value is -0.340. The maximum absolute atomic E-state index is 5.72. The summed E-state index contributed by atoms with van der Waals surface area (Å²) < 4.78 is 0. The van der Waals surface area contributed by atoms with E-state index in [0.29, 0.717) is 6.04 Å². The minimum atomic E-state index is 0.352. The van der Waals surface area contributed by atoms with E-state index >= 15 is 0 Å². The normalized spacial score (nSPS) is 15.3. The quantitative estimate of drug-likeness (QED) is 0.627. The third kappa shape index (κ3) is 9.95. The van der Waals surface area contributed by atoms with Gasteiger partial charge < -0.3 is 10.6 Å². The number of likely N-dealkylation sites (N-methyl/N-ethyl adjacent to an activating group) is 1. The van der Waals surface area contributed by atoms with Crippen molar-refractivity contribution in [3.05, 3.63) is 12.2 Å². The SMILES string of the molecule is C=C(C)CN(C)CC(C)CCCC(C)N. The number of nitrogens with zero attached hydrogens (tertiary/aromatic N) is 1. The third-order valence-corrected chi connectivity index (χ3v) is 2.52. The molecule has 0 rings (SSSR count). The average molecular weight is 212 g/mol. The summed E-state index contributed by atoms with van der Waals surface area (Å²) in [5.74, 6) is 0.757. The molecule has 15 heavy (non-hydrogen) atoms. The van der Waals surface area contributed by atoms with Crippen LogP contribution in [0, 0.1) is 5.92 Å². The summed E-state index contributed by atoms with van der Waals surface area (Å²) in [7, 11) is 2.16. The molecule has 0 bridgehead atoms. The first-order chi connectivity index (χ1) is 6.91. The second-order valence-electron chi connectivity index (χ2n) is 5.17. The van der Waals surface area contributed by atoms with Crippen LogP contribution >= 0.6 is 0 Å². The van der Waals surface area contributed by atoms with Gasteiger partial charge in [-0.3, -0.25) is 0 Å². The van der Waals surface area contributed by atoms with Crippen molar-refractivity contribution in [2.24, 2.45) is 11.7 Å². The Bertz CT molecular complexity index is 175. The summed E-state index contributed by atoms with van der Waals surface area (Å²) in [6.07, 6.45) is 3.68. The van der Waals surface area contributed by atoms with E-state index in [0.717, 1.165) is 25.4 Å². The zero-order valence-electron chi connectivity index (χ0n) is 10.9. The Balaban J connectivity index is 3.55. The van der Waals surface area contributed by atoms with E-state index in [2.05, 4.69) is 39.3 Å². The van der Waals surface area contributed by atoms with Gasteiger partial charge in [-0.25, -0.2) is 0 Å². The van der Waals surface area contributed by atoms with E-state index in [1.54, 1.807) is 0 Å². The molecule has 0 aromatic heterocycles. The molecule has 2 N–H and O–H groups in total. The summed E-state index contributed by atoms with van der Waals surface area (Å²) in [6.45, 7) is 12.6. The number of rotatable bonds is 8. The molecule has 90 valence electrons. The highest BCUT2D eigenvalue weighted by Crippen LogP contribution is 2.10. The van der Waals surface area contributed by atoms with Crippen LogP contribution < -0.4 is 5.73 Å². The smallest absolute Gasteiger partial charge is 0.0184 e. The van der Waals surface area contributed by atoms with Gasteiger partial charge in [-0.1, -0.05) is 25.5 Å². The van der Waals surface area contributed by atoms with Crippen molar-refractivity contribution in [2.45, 2.75) is 46.1 Å². The van der Waals surface area contributed by atoms with Crippen molar-refractivity contribution in [2.75, 3.05) is 20.1 Å². The van der Waals surface area contributed by atoms with Crippen molar-refractivity contribution >= 4 is 0 Å². The summed E-state index contributed by atoms with van der Waals surface area (Å²) in [5.41, 5.74) is 6.96. The molecule has 0 aromatic rings. The van der Waals surface area contributed by atoms with Gasteiger partial charge in [0.05, 0.1) is 0 Å². The van der Waals surface area contributed by atoms with Gasteiger partial charge in [0.25, 0.3) is 0 Å². The van der Waals surface area contributed by atoms with Crippen LogP contribution in [0.1, 0.15) is 40.0 Å². The number of hydrogen-bond donors (Lipinski definition) is 1. The summed E-state index contributed by atoms with van der Waals surface area (Å²) in [5, 5.41) is 0. The molecule has 0 aliphatic carbocycles. The van der Waals surface area contributed by atoms with Crippen LogP contribution in [0.15, 0.2) is 12.2 Å². The molecule has 2 nitrogen and oxygen atoms in total. The molecular formula is C13H28N2. The average Bonchev–Trinajstić information content (AvgIpc) is 2.00. The Kier molecular flexibility index (Phi) is 7.71. The van der Waals surface area contributed by atoms with Gasteiger partial charge in [0.1, 0.15) is 0 Å². The van der Waals surface area contributed by atoms with E-state index < -0.39 is 0 Å². The predicted octanol–water partition coefficient (Wildman–Crippen LogP) is 2.65. The minimum absolute atomic E-state index is 0.352. The van der Waals surface area contributed by atoms with Crippen LogP contribution in [0.4, 0.5) is 0 Å². The van der Waals surface area contributed by atoms with Gasteiger partial charge >= 0.3 is 0 Å². The van der Waals surface area contributed by atoms with Crippen molar-refractivity contribution < 1.29 is 0 Å². The summed E-state index contributed by atoms with van der Waals surface area (Å²) >= 11 is 0. The van der Waals surface area contributed by atoms with Gasteiger partial charge in [-0.2, -0.15) is 0 Å². The second kappa shape index (κ2) is 7.89. The first-order valence-electron chi connectivity index (χ1n) is 6.00. The van der Waals surface area contributed by atoms with Crippen LogP contribution in [0.25, 0.3) is 0 Å². The lowest BCUT2D eigenvalue weighted by atomic mass is 10.0. The van der Waals surface area contributed by atoms with E-state index in [9.17, 15) is 0 Å². The molecule has 0 aromatic carbocycles. The van der Waals surface area contributed by atoms with E-state index in [4.69, 9.17) is 5.73 Å². The lowest BCUT2D eigenvalue weighted by Crippen LogP contribution is -2.26. The van der Waals surface area contributed by atoms with Crippen molar-refractivity contribution in [3.63, 3.8) is 0 Å². The highest BCUT2D eigenvalue weighted by Gasteiger charge is 2.06. The summed E-state index contributed by atoms with van der Waals surface area (Å²) in [6, 6.07) is 0.352. The number of nitrogens with two attached hydrogens (primary N) is 1. The molecule has 2 unspecified atom stereocenters. The summed E-state index contributed by atoms with van der Waals surface area (Å²) in [4.78, 5) is 2.35. The molecule has 0 aliphatic heterocycles. The molecule has 2 heteroatoms. The third-order valence-electron chi connectivity index (χ3n) is 2.52. The topological polar surface area (TPSA) is 29.3 Å². The van der Waals surface area contributed by atoms with Crippen LogP contribution in [0.3, 0.4) is 0 Å². The maximum Gasteiger partial charge on any atom is 0.0184 e. The highest BCUT2D eigenvalue weighted by atomic mass is 15.1. The van der Waals surface area contributed by atoms with E-state index in [1.165, 1.54) is 18.4 Å². The fourth-order valence-corrected chi connectivity index (χ4v) is 1.94. The fraction of sp³-hybridized carbons (Fsp3) is 0.846. The van der Waals surface area contributed by atoms with Gasteiger partial charge in [0.15, 0.2) is 0 Å². The zero-order valence-corrected chi connectivity index (χ0v) is 10.9. The predicted molar refractivity (Wildman–Crippen MR) is 69.0 cm³/mol. The molecule has 0 spiro atoms. The van der Waals surface area contributed by atoms with E-state index in [-0.39, 0.29) is 0 Å². The van der Waals surface area contributed by atoms with Gasteiger partial charge in [-0.05, 0) is 39.7 Å². The molecule has 0 fully saturated rings. The maximum atomic E-state index is 5.72. The zero-order chi connectivity index (χ0) is 11.8. The monoisotopic (exact) mass is 212 g/mol. The molecule has 0 saturated heterocycles. The Morgan fingerprint density at radius 3 is 2.40 bits per heavy atom. The Morgan fingerprint density at radius 2 is 1.93 bits per heavy atom. The van der Waals surface area contributed by atoms with Crippen LogP contribution in [0.5, 0.6) is 0 Å². The Labute approximate surface area is 95.5 Å². The van der Waals surface area contributed by atoms with Crippen LogP contribution in [0.2, 0.25) is 0 Å². The van der Waals surface area contributed by atoms with E-state index in [1.807, 2.05) is 0 Å². The highest BCUT2D eigenvalue weighted by molar-refractivity contribution is 4.91. The van der Waals surface area contributed by atoms with Crippen LogP contribution in [-0.4, -0.2) is 31.1 Å². The number of hydrogen-bond acceptors (Lipinski definition) is 2. The molecule has 0 heterocycles. The standard InChI is InChI=1S/C13H28N2/c1-11(2)9-15(5)10-12(3)7-6-8-13(4)14/h12-13H,1,6-10,14H2,2-5H3. The molecule has 0 amide bonds. The molecular weight excluding hydrogens is 184 g/mol. The van der Waals surface area contributed by atoms with Crippen LogP contribution in [-0.2, 0) is 0 Å². The lowest BCUT2D eigenvalue weighted by Gasteiger charge is -2.21. The molecule has 2 atom stereocenters. The molecule has 0 radical (unpaired) electrons. The second-order valence-corrected chi connectivity index (χ2v) is 5.17.